The van der Waals surface area contributed by atoms with E-state index in [1.165, 1.54) is 23.4 Å². The van der Waals surface area contributed by atoms with Crippen LogP contribution in [0.2, 0.25) is 0 Å². The molecule has 0 atom stereocenters. The van der Waals surface area contributed by atoms with Crippen LogP contribution in [0.4, 0.5) is 5.69 Å². The first-order chi connectivity index (χ1) is 9.10. The molecular weight excluding hydrogens is 256 g/mol. The van der Waals surface area contributed by atoms with Crippen molar-refractivity contribution in [1.29, 1.82) is 0 Å². The Morgan fingerprint density at radius 1 is 1.16 bits per heavy atom. The predicted molar refractivity (Wildman–Crippen MR) is 84.2 cm³/mol. The molecule has 1 aromatic rings. The van der Waals surface area contributed by atoms with Gasteiger partial charge in [0, 0.05) is 44.3 Å². The second-order valence-corrected chi connectivity index (χ2v) is 6.21. The predicted octanol–water partition coefficient (Wildman–Crippen LogP) is 3.51. The summed E-state index contributed by atoms with van der Waals surface area (Å²) in [5, 5.41) is 0. The first-order valence-electron chi connectivity index (χ1n) is 7.23. The maximum absolute atomic E-state index is 6.08. The lowest BCUT2D eigenvalue weighted by atomic mass is 10.1. The van der Waals surface area contributed by atoms with Crippen molar-refractivity contribution in [2.24, 2.45) is 5.92 Å². The topological polar surface area (TPSA) is 6.48 Å². The highest BCUT2D eigenvalue weighted by atomic mass is 35.5. The molecular formula is C16H25ClN2. The molecule has 3 heteroatoms. The van der Waals surface area contributed by atoms with Gasteiger partial charge in [-0.05, 0) is 24.5 Å². The van der Waals surface area contributed by atoms with Crippen molar-refractivity contribution in [3.05, 3.63) is 29.3 Å². The fourth-order valence-electron chi connectivity index (χ4n) is 2.82. The summed E-state index contributed by atoms with van der Waals surface area (Å²) in [6, 6.07) is 6.62. The number of benzene rings is 1. The van der Waals surface area contributed by atoms with Gasteiger partial charge in [-0.15, -0.1) is 11.6 Å². The zero-order valence-corrected chi connectivity index (χ0v) is 13.1. The minimum atomic E-state index is 0.600. The minimum absolute atomic E-state index is 0.600. The molecule has 0 aromatic heterocycles. The van der Waals surface area contributed by atoms with Crippen LogP contribution in [-0.2, 0) is 5.88 Å². The molecule has 1 aromatic carbocycles. The monoisotopic (exact) mass is 280 g/mol. The summed E-state index contributed by atoms with van der Waals surface area (Å²) in [5.41, 5.74) is 3.88. The lowest BCUT2D eigenvalue weighted by Crippen LogP contribution is -2.47. The van der Waals surface area contributed by atoms with Crippen molar-refractivity contribution in [1.82, 2.24) is 4.90 Å². The lowest BCUT2D eigenvalue weighted by Gasteiger charge is -2.37. The van der Waals surface area contributed by atoms with E-state index in [9.17, 15) is 0 Å². The fourth-order valence-corrected chi connectivity index (χ4v) is 3.03. The Balaban J connectivity index is 2.01. The maximum atomic E-state index is 6.08. The first kappa shape index (κ1) is 14.7. The molecule has 1 aliphatic rings. The average Bonchev–Trinajstić information content (AvgIpc) is 2.39. The molecule has 0 saturated carbocycles. The van der Waals surface area contributed by atoms with Gasteiger partial charge in [0.25, 0.3) is 0 Å². The van der Waals surface area contributed by atoms with E-state index in [-0.39, 0.29) is 0 Å². The van der Waals surface area contributed by atoms with Gasteiger partial charge in [0.2, 0.25) is 0 Å². The lowest BCUT2D eigenvalue weighted by molar-refractivity contribution is 0.231. The largest absolute Gasteiger partial charge is 0.369 e. The highest BCUT2D eigenvalue weighted by Gasteiger charge is 2.19. The molecule has 0 N–H and O–H groups in total. The van der Waals surface area contributed by atoms with E-state index in [1.54, 1.807) is 0 Å². The van der Waals surface area contributed by atoms with E-state index >= 15 is 0 Å². The molecule has 0 radical (unpaired) electrons. The molecule has 0 bridgehead atoms. The number of nitrogens with zero attached hydrogens (tertiary/aromatic N) is 2. The van der Waals surface area contributed by atoms with Crippen molar-refractivity contribution in [3.63, 3.8) is 0 Å². The normalized spacial score (nSPS) is 17.2. The quantitative estimate of drug-likeness (QED) is 0.779. The molecule has 2 nitrogen and oxygen atoms in total. The number of hydrogen-bond donors (Lipinski definition) is 0. The second-order valence-electron chi connectivity index (χ2n) is 5.95. The van der Waals surface area contributed by atoms with Crippen molar-refractivity contribution in [3.8, 4) is 0 Å². The van der Waals surface area contributed by atoms with Crippen LogP contribution >= 0.6 is 11.6 Å². The SMILES string of the molecule is Cc1ccc(N2CCN(CC(C)C)CC2)c(CCl)c1. The van der Waals surface area contributed by atoms with Gasteiger partial charge < -0.3 is 4.90 Å². The van der Waals surface area contributed by atoms with E-state index in [1.807, 2.05) is 0 Å². The number of anilines is 1. The Morgan fingerprint density at radius 2 is 1.84 bits per heavy atom. The fraction of sp³-hybridized carbons (Fsp3) is 0.625. The summed E-state index contributed by atoms with van der Waals surface area (Å²) in [6.07, 6.45) is 0. The van der Waals surface area contributed by atoms with Crippen LogP contribution in [0.5, 0.6) is 0 Å². The third kappa shape index (κ3) is 3.87. The van der Waals surface area contributed by atoms with Crippen LogP contribution in [0, 0.1) is 12.8 Å². The average molecular weight is 281 g/mol. The van der Waals surface area contributed by atoms with Crippen LogP contribution in [0.15, 0.2) is 18.2 Å². The third-order valence-electron chi connectivity index (χ3n) is 3.72. The van der Waals surface area contributed by atoms with Crippen LogP contribution in [0.1, 0.15) is 25.0 Å². The van der Waals surface area contributed by atoms with Crippen molar-refractivity contribution < 1.29 is 0 Å². The van der Waals surface area contributed by atoms with E-state index < -0.39 is 0 Å². The number of hydrogen-bond acceptors (Lipinski definition) is 2. The summed E-state index contributed by atoms with van der Waals surface area (Å²) in [5.74, 6) is 1.35. The Labute approximate surface area is 122 Å². The highest BCUT2D eigenvalue weighted by Crippen LogP contribution is 2.25. The standard InChI is InChI=1S/C16H25ClN2/c1-13(2)12-18-6-8-19(9-7-18)16-5-4-14(3)10-15(16)11-17/h4-5,10,13H,6-9,11-12H2,1-3H3. The third-order valence-corrected chi connectivity index (χ3v) is 4.00. The Hall–Kier alpha value is -0.730. The molecule has 19 heavy (non-hydrogen) atoms. The second kappa shape index (κ2) is 6.62. The van der Waals surface area contributed by atoms with Gasteiger partial charge in [-0.25, -0.2) is 0 Å². The van der Waals surface area contributed by atoms with Crippen LogP contribution in [0.3, 0.4) is 0 Å². The van der Waals surface area contributed by atoms with Gasteiger partial charge in [-0.3, -0.25) is 4.90 Å². The zero-order chi connectivity index (χ0) is 13.8. The molecule has 1 fully saturated rings. The summed E-state index contributed by atoms with van der Waals surface area (Å²) < 4.78 is 0. The smallest absolute Gasteiger partial charge is 0.0494 e. The Bertz CT molecular complexity index is 409. The Morgan fingerprint density at radius 3 is 2.42 bits per heavy atom. The molecule has 1 saturated heterocycles. The molecule has 0 aliphatic carbocycles. The number of aryl methyl sites for hydroxylation is 1. The summed E-state index contributed by atoms with van der Waals surface area (Å²) in [7, 11) is 0. The summed E-state index contributed by atoms with van der Waals surface area (Å²) >= 11 is 6.08. The highest BCUT2D eigenvalue weighted by molar-refractivity contribution is 6.17. The molecule has 1 heterocycles. The van der Waals surface area contributed by atoms with Crippen molar-refractivity contribution >= 4 is 17.3 Å². The van der Waals surface area contributed by atoms with E-state index in [2.05, 4.69) is 48.8 Å². The van der Waals surface area contributed by atoms with Crippen LogP contribution in [0.25, 0.3) is 0 Å². The van der Waals surface area contributed by atoms with E-state index in [0.29, 0.717) is 5.88 Å². The summed E-state index contributed by atoms with van der Waals surface area (Å²) in [4.78, 5) is 5.05. The van der Waals surface area contributed by atoms with Gasteiger partial charge in [0.05, 0.1) is 0 Å². The molecule has 2 rings (SSSR count). The summed E-state index contributed by atoms with van der Waals surface area (Å²) in [6.45, 7) is 12.5. The first-order valence-corrected chi connectivity index (χ1v) is 7.76. The number of alkyl halides is 1. The van der Waals surface area contributed by atoms with E-state index in [0.717, 1.165) is 32.1 Å². The molecule has 0 amide bonds. The van der Waals surface area contributed by atoms with Gasteiger partial charge in [-0.1, -0.05) is 31.5 Å². The van der Waals surface area contributed by atoms with Crippen LogP contribution < -0.4 is 4.90 Å². The zero-order valence-electron chi connectivity index (χ0n) is 12.3. The van der Waals surface area contributed by atoms with Crippen molar-refractivity contribution in [2.75, 3.05) is 37.6 Å². The number of piperazine rings is 1. The molecule has 1 aliphatic heterocycles. The minimum Gasteiger partial charge on any atom is -0.369 e. The Kier molecular flexibility index (Phi) is 5.12. The maximum Gasteiger partial charge on any atom is 0.0494 e. The van der Waals surface area contributed by atoms with E-state index in [4.69, 9.17) is 11.6 Å². The molecule has 106 valence electrons. The van der Waals surface area contributed by atoms with Crippen molar-refractivity contribution in [2.45, 2.75) is 26.7 Å². The number of rotatable bonds is 4. The van der Waals surface area contributed by atoms with Gasteiger partial charge in [0.15, 0.2) is 0 Å². The molecule has 0 unspecified atom stereocenters. The number of halogens is 1. The van der Waals surface area contributed by atoms with Gasteiger partial charge >= 0.3 is 0 Å². The van der Waals surface area contributed by atoms with Gasteiger partial charge in [0.1, 0.15) is 0 Å². The van der Waals surface area contributed by atoms with Gasteiger partial charge in [-0.2, -0.15) is 0 Å². The van der Waals surface area contributed by atoms with Crippen LogP contribution in [-0.4, -0.2) is 37.6 Å². The molecule has 0 spiro atoms.